The molecule has 1 aliphatic rings. The normalized spacial score (nSPS) is 14.5. The van der Waals surface area contributed by atoms with Crippen LogP contribution in [-0.2, 0) is 6.54 Å². The number of nitrogens with zero attached hydrogens (tertiary/aromatic N) is 1. The molecule has 1 aliphatic carbocycles. The number of hydrogen-bond donors (Lipinski definition) is 1. The van der Waals surface area contributed by atoms with Gasteiger partial charge in [0.1, 0.15) is 0 Å². The van der Waals surface area contributed by atoms with Gasteiger partial charge in [-0.2, -0.15) is 0 Å². The van der Waals surface area contributed by atoms with Crippen molar-refractivity contribution < 1.29 is 0 Å². The zero-order valence-corrected chi connectivity index (χ0v) is 13.1. The van der Waals surface area contributed by atoms with Crippen LogP contribution < -0.4 is 5.73 Å². The molecule has 2 nitrogen and oxygen atoms in total. The summed E-state index contributed by atoms with van der Waals surface area (Å²) in [6, 6.07) is 19.7. The summed E-state index contributed by atoms with van der Waals surface area (Å²) in [6.07, 6.45) is 2.69. The van der Waals surface area contributed by atoms with Crippen LogP contribution in [0.15, 0.2) is 59.5 Å². The zero-order valence-electron chi connectivity index (χ0n) is 12.2. The van der Waals surface area contributed by atoms with Crippen molar-refractivity contribution in [3.8, 4) is 0 Å². The second-order valence-electron chi connectivity index (χ2n) is 5.61. The quantitative estimate of drug-likeness (QED) is 0.618. The molecule has 0 radical (unpaired) electrons. The van der Waals surface area contributed by atoms with E-state index in [1.54, 1.807) is 0 Å². The van der Waals surface area contributed by atoms with E-state index in [0.717, 1.165) is 30.6 Å². The Hall–Kier alpha value is -1.45. The highest BCUT2D eigenvalue weighted by atomic mass is 32.2. The molecule has 21 heavy (non-hydrogen) atoms. The number of hydrogen-bond acceptors (Lipinski definition) is 3. The summed E-state index contributed by atoms with van der Waals surface area (Å²) in [7, 11) is 0. The van der Waals surface area contributed by atoms with E-state index >= 15 is 0 Å². The molecule has 0 heterocycles. The van der Waals surface area contributed by atoms with Crippen molar-refractivity contribution in [1.29, 1.82) is 0 Å². The summed E-state index contributed by atoms with van der Waals surface area (Å²) in [5.41, 5.74) is 8.07. The van der Waals surface area contributed by atoms with E-state index in [9.17, 15) is 0 Å². The molecule has 1 fully saturated rings. The molecule has 3 rings (SSSR count). The molecule has 0 aromatic heterocycles. The van der Waals surface area contributed by atoms with E-state index in [2.05, 4.69) is 53.4 Å². The van der Waals surface area contributed by atoms with Crippen LogP contribution in [0.5, 0.6) is 0 Å². The van der Waals surface area contributed by atoms with Crippen LogP contribution in [-0.4, -0.2) is 23.2 Å². The van der Waals surface area contributed by atoms with Crippen LogP contribution in [0.3, 0.4) is 0 Å². The van der Waals surface area contributed by atoms with E-state index in [1.165, 1.54) is 23.3 Å². The molecule has 0 aliphatic heterocycles. The third-order valence-corrected chi connectivity index (χ3v) is 4.78. The van der Waals surface area contributed by atoms with Crippen LogP contribution in [0.1, 0.15) is 18.4 Å². The van der Waals surface area contributed by atoms with Crippen LogP contribution in [0, 0.1) is 0 Å². The number of benzene rings is 2. The lowest BCUT2D eigenvalue weighted by Crippen LogP contribution is -2.28. The van der Waals surface area contributed by atoms with Gasteiger partial charge in [-0.3, -0.25) is 4.90 Å². The van der Waals surface area contributed by atoms with Crippen molar-refractivity contribution >= 4 is 17.4 Å². The van der Waals surface area contributed by atoms with Crippen molar-refractivity contribution in [2.75, 3.05) is 18.0 Å². The molecule has 0 atom stereocenters. The van der Waals surface area contributed by atoms with Gasteiger partial charge in [-0.05, 0) is 42.7 Å². The van der Waals surface area contributed by atoms with Gasteiger partial charge in [0.15, 0.2) is 0 Å². The highest BCUT2D eigenvalue weighted by Gasteiger charge is 2.28. The predicted molar refractivity (Wildman–Crippen MR) is 91.5 cm³/mol. The van der Waals surface area contributed by atoms with Gasteiger partial charge in [0, 0.05) is 35.5 Å². The monoisotopic (exact) mass is 298 g/mol. The predicted octanol–water partition coefficient (Wildman–Crippen LogP) is 4.03. The molecule has 110 valence electrons. The van der Waals surface area contributed by atoms with E-state index in [0.29, 0.717) is 0 Å². The SMILES string of the molecule is Nc1cccc(CN(CCSc2ccccc2)C2CC2)c1. The van der Waals surface area contributed by atoms with E-state index < -0.39 is 0 Å². The smallest absolute Gasteiger partial charge is 0.0317 e. The number of nitrogens with two attached hydrogens (primary N) is 1. The Morgan fingerprint density at radius 1 is 1.05 bits per heavy atom. The number of rotatable bonds is 7. The minimum atomic E-state index is 0.780. The first-order valence-electron chi connectivity index (χ1n) is 7.57. The minimum Gasteiger partial charge on any atom is -0.399 e. The molecule has 1 saturated carbocycles. The minimum absolute atomic E-state index is 0.780. The maximum atomic E-state index is 5.88. The average molecular weight is 298 g/mol. The van der Waals surface area contributed by atoms with Crippen molar-refractivity contribution in [1.82, 2.24) is 4.90 Å². The number of thioether (sulfide) groups is 1. The second kappa shape index (κ2) is 7.01. The summed E-state index contributed by atoms with van der Waals surface area (Å²) < 4.78 is 0. The highest BCUT2D eigenvalue weighted by Crippen LogP contribution is 2.29. The highest BCUT2D eigenvalue weighted by molar-refractivity contribution is 7.99. The third-order valence-electron chi connectivity index (χ3n) is 3.79. The topological polar surface area (TPSA) is 29.3 Å². The Morgan fingerprint density at radius 3 is 2.57 bits per heavy atom. The summed E-state index contributed by atoms with van der Waals surface area (Å²) in [4.78, 5) is 3.96. The van der Waals surface area contributed by atoms with Crippen molar-refractivity contribution in [3.05, 3.63) is 60.2 Å². The van der Waals surface area contributed by atoms with Crippen molar-refractivity contribution in [3.63, 3.8) is 0 Å². The molecule has 0 unspecified atom stereocenters. The lowest BCUT2D eigenvalue weighted by molar-refractivity contribution is 0.272. The molecule has 2 aromatic rings. The van der Waals surface area contributed by atoms with E-state index in [-0.39, 0.29) is 0 Å². The van der Waals surface area contributed by atoms with Crippen LogP contribution in [0.4, 0.5) is 5.69 Å². The maximum Gasteiger partial charge on any atom is 0.0317 e. The Balaban J connectivity index is 1.53. The first kappa shape index (κ1) is 14.5. The third kappa shape index (κ3) is 4.51. The number of anilines is 1. The molecule has 0 spiro atoms. The molecular formula is C18H22N2S. The first-order valence-corrected chi connectivity index (χ1v) is 8.56. The summed E-state index contributed by atoms with van der Waals surface area (Å²) in [5.74, 6) is 1.14. The molecule has 0 amide bonds. The first-order chi connectivity index (χ1) is 10.3. The van der Waals surface area contributed by atoms with Gasteiger partial charge < -0.3 is 5.73 Å². The largest absolute Gasteiger partial charge is 0.399 e. The Bertz CT molecular complexity index is 566. The summed E-state index contributed by atoms with van der Waals surface area (Å²) >= 11 is 1.94. The van der Waals surface area contributed by atoms with Crippen LogP contribution >= 0.6 is 11.8 Å². The Kier molecular flexibility index (Phi) is 4.84. The van der Waals surface area contributed by atoms with Gasteiger partial charge in [0.05, 0.1) is 0 Å². The van der Waals surface area contributed by atoms with Gasteiger partial charge >= 0.3 is 0 Å². The number of nitrogen functional groups attached to an aromatic ring is 1. The molecule has 3 heteroatoms. The van der Waals surface area contributed by atoms with Crippen LogP contribution in [0.2, 0.25) is 0 Å². The van der Waals surface area contributed by atoms with Gasteiger partial charge in [-0.1, -0.05) is 30.3 Å². The van der Waals surface area contributed by atoms with Gasteiger partial charge in [0.2, 0.25) is 0 Å². The fourth-order valence-electron chi connectivity index (χ4n) is 2.55. The summed E-state index contributed by atoms with van der Waals surface area (Å²) in [5, 5.41) is 0. The van der Waals surface area contributed by atoms with Crippen LogP contribution in [0.25, 0.3) is 0 Å². The fraction of sp³-hybridized carbons (Fsp3) is 0.333. The van der Waals surface area contributed by atoms with Crippen molar-refractivity contribution in [2.24, 2.45) is 0 Å². The standard InChI is InChI=1S/C18H22N2S/c19-16-6-4-5-15(13-16)14-20(17-9-10-17)11-12-21-18-7-2-1-3-8-18/h1-8,13,17H,9-12,14,19H2. The Morgan fingerprint density at radius 2 is 1.86 bits per heavy atom. The molecular weight excluding hydrogens is 276 g/mol. The average Bonchev–Trinajstić information content (AvgIpc) is 3.32. The molecule has 2 aromatic carbocycles. The van der Waals surface area contributed by atoms with E-state index in [1.807, 2.05) is 17.8 Å². The second-order valence-corrected chi connectivity index (χ2v) is 6.78. The molecule has 0 saturated heterocycles. The maximum absolute atomic E-state index is 5.88. The van der Waals surface area contributed by atoms with E-state index in [4.69, 9.17) is 5.73 Å². The molecule has 2 N–H and O–H groups in total. The van der Waals surface area contributed by atoms with Gasteiger partial charge in [-0.25, -0.2) is 0 Å². The van der Waals surface area contributed by atoms with Gasteiger partial charge in [0.25, 0.3) is 0 Å². The molecule has 0 bridgehead atoms. The van der Waals surface area contributed by atoms with Gasteiger partial charge in [-0.15, -0.1) is 11.8 Å². The zero-order chi connectivity index (χ0) is 14.5. The lowest BCUT2D eigenvalue weighted by Gasteiger charge is -2.22. The summed E-state index contributed by atoms with van der Waals surface area (Å²) in [6.45, 7) is 2.16. The Labute approximate surface area is 131 Å². The lowest BCUT2D eigenvalue weighted by atomic mass is 10.2. The van der Waals surface area contributed by atoms with Crippen molar-refractivity contribution in [2.45, 2.75) is 30.3 Å². The fourth-order valence-corrected chi connectivity index (χ4v) is 3.46.